The van der Waals surface area contributed by atoms with Gasteiger partial charge in [-0.25, -0.2) is 0 Å². The summed E-state index contributed by atoms with van der Waals surface area (Å²) in [5.41, 5.74) is 3.43. The molecular weight excluding hydrogens is 352 g/mol. The molecule has 0 atom stereocenters. The highest BCUT2D eigenvalue weighted by Gasteiger charge is 2.27. The van der Waals surface area contributed by atoms with Gasteiger partial charge in [0.15, 0.2) is 0 Å². The molecule has 2 aromatic carbocycles. The van der Waals surface area contributed by atoms with Gasteiger partial charge in [0, 0.05) is 24.2 Å². The second-order valence-electron chi connectivity index (χ2n) is 9.09. The van der Waals surface area contributed by atoms with Crippen LogP contribution in [0.4, 0.5) is 17.1 Å². The summed E-state index contributed by atoms with van der Waals surface area (Å²) in [7, 11) is 0. The molecule has 150 valence electrons. The van der Waals surface area contributed by atoms with E-state index in [9.17, 15) is 14.9 Å². The summed E-state index contributed by atoms with van der Waals surface area (Å²) in [5.74, 6) is -0.0505. The highest BCUT2D eigenvalue weighted by molar-refractivity contribution is 6.01. The number of amides is 1. The van der Waals surface area contributed by atoms with Crippen molar-refractivity contribution in [2.45, 2.75) is 65.7 Å². The third-order valence-corrected chi connectivity index (χ3v) is 4.78. The van der Waals surface area contributed by atoms with E-state index in [0.717, 1.165) is 16.8 Å². The average Bonchev–Trinajstić information content (AvgIpc) is 2.60. The fourth-order valence-corrected chi connectivity index (χ4v) is 3.12. The van der Waals surface area contributed by atoms with Gasteiger partial charge in [0.25, 0.3) is 5.69 Å². The normalized spacial score (nSPS) is 12.0. The van der Waals surface area contributed by atoms with Gasteiger partial charge in [-0.15, -0.1) is 0 Å². The van der Waals surface area contributed by atoms with Crippen LogP contribution in [0.2, 0.25) is 0 Å². The lowest BCUT2D eigenvalue weighted by Gasteiger charge is -2.32. The van der Waals surface area contributed by atoms with Gasteiger partial charge >= 0.3 is 0 Å². The first-order chi connectivity index (χ1) is 12.9. The summed E-state index contributed by atoms with van der Waals surface area (Å²) in [6.07, 6.45) is 0.334. The SMILES string of the molecule is CCC(=O)N(c1ccc([N+](=O)[O-])cc1)c1cc(C(C)(C)C)ccc1C(C)(C)C. The highest BCUT2D eigenvalue weighted by atomic mass is 16.6. The Morgan fingerprint density at radius 2 is 1.54 bits per heavy atom. The standard InChI is InChI=1S/C23H30N2O3/c1-8-21(26)24(17-10-12-18(13-11-17)25(27)28)20-15-16(22(2,3)4)9-14-19(20)23(5,6)7/h9-15H,8H2,1-7H3. The Hall–Kier alpha value is -2.69. The minimum atomic E-state index is -0.434. The molecule has 0 aliphatic rings. The van der Waals surface area contributed by atoms with Crippen molar-refractivity contribution in [3.05, 3.63) is 63.7 Å². The number of carbonyl (C=O) groups excluding carboxylic acids is 1. The van der Waals surface area contributed by atoms with Crippen molar-refractivity contribution in [3.8, 4) is 0 Å². The molecule has 0 unspecified atom stereocenters. The van der Waals surface area contributed by atoms with Gasteiger partial charge in [-0.05, 0) is 40.2 Å². The van der Waals surface area contributed by atoms with Crippen LogP contribution in [0.3, 0.4) is 0 Å². The number of nitro groups is 1. The molecule has 0 saturated carbocycles. The monoisotopic (exact) mass is 382 g/mol. The van der Waals surface area contributed by atoms with E-state index in [-0.39, 0.29) is 22.4 Å². The molecule has 0 fully saturated rings. The van der Waals surface area contributed by atoms with Crippen LogP contribution in [0.15, 0.2) is 42.5 Å². The van der Waals surface area contributed by atoms with E-state index >= 15 is 0 Å². The van der Waals surface area contributed by atoms with Crippen molar-refractivity contribution < 1.29 is 9.72 Å². The van der Waals surface area contributed by atoms with Gasteiger partial charge in [0.2, 0.25) is 5.91 Å². The predicted octanol–water partition coefficient (Wildman–Crippen LogP) is 6.26. The van der Waals surface area contributed by atoms with Gasteiger partial charge in [0.1, 0.15) is 0 Å². The maximum absolute atomic E-state index is 13.0. The maximum Gasteiger partial charge on any atom is 0.269 e. The van der Waals surface area contributed by atoms with Crippen LogP contribution >= 0.6 is 0 Å². The van der Waals surface area contributed by atoms with E-state index < -0.39 is 4.92 Å². The van der Waals surface area contributed by atoms with Crippen LogP contribution < -0.4 is 4.90 Å². The Bertz CT molecular complexity index is 872. The van der Waals surface area contributed by atoms with Gasteiger partial charge in [-0.1, -0.05) is 60.6 Å². The lowest BCUT2D eigenvalue weighted by Crippen LogP contribution is -2.29. The summed E-state index contributed by atoms with van der Waals surface area (Å²) in [5, 5.41) is 11.0. The molecule has 0 aliphatic heterocycles. The van der Waals surface area contributed by atoms with E-state index in [2.05, 4.69) is 59.7 Å². The van der Waals surface area contributed by atoms with E-state index in [4.69, 9.17) is 0 Å². The molecule has 0 bridgehead atoms. The van der Waals surface area contributed by atoms with E-state index in [1.807, 2.05) is 6.92 Å². The number of hydrogen-bond donors (Lipinski definition) is 0. The molecular formula is C23H30N2O3. The Labute approximate surface area is 167 Å². The molecule has 5 nitrogen and oxygen atoms in total. The topological polar surface area (TPSA) is 63.5 Å². The van der Waals surface area contributed by atoms with Gasteiger partial charge < -0.3 is 0 Å². The van der Waals surface area contributed by atoms with Crippen molar-refractivity contribution in [1.82, 2.24) is 0 Å². The fourth-order valence-electron chi connectivity index (χ4n) is 3.12. The van der Waals surface area contributed by atoms with Gasteiger partial charge in [0.05, 0.1) is 10.6 Å². The van der Waals surface area contributed by atoms with Crippen LogP contribution in [-0.2, 0) is 15.6 Å². The van der Waals surface area contributed by atoms with Crippen LogP contribution in [0.25, 0.3) is 0 Å². The number of anilines is 2. The Kier molecular flexibility index (Phi) is 5.97. The lowest BCUT2D eigenvalue weighted by molar-refractivity contribution is -0.384. The number of benzene rings is 2. The number of hydrogen-bond acceptors (Lipinski definition) is 3. The molecule has 2 rings (SSSR count). The zero-order valence-electron chi connectivity index (χ0n) is 17.9. The second kappa shape index (κ2) is 7.74. The van der Waals surface area contributed by atoms with E-state index in [1.54, 1.807) is 17.0 Å². The average molecular weight is 383 g/mol. The minimum Gasteiger partial charge on any atom is -0.281 e. The van der Waals surface area contributed by atoms with Crippen LogP contribution in [-0.4, -0.2) is 10.8 Å². The summed E-state index contributed by atoms with van der Waals surface area (Å²) >= 11 is 0. The molecule has 0 heterocycles. The summed E-state index contributed by atoms with van der Waals surface area (Å²) < 4.78 is 0. The van der Waals surface area contributed by atoms with Crippen LogP contribution in [0.5, 0.6) is 0 Å². The Balaban J connectivity index is 2.74. The van der Waals surface area contributed by atoms with Crippen LogP contribution in [0.1, 0.15) is 66.0 Å². The first-order valence-corrected chi connectivity index (χ1v) is 9.58. The number of non-ortho nitro benzene ring substituents is 1. The smallest absolute Gasteiger partial charge is 0.269 e. The van der Waals surface area contributed by atoms with E-state index in [0.29, 0.717) is 12.1 Å². The quantitative estimate of drug-likeness (QED) is 0.463. The minimum absolute atomic E-state index is 0.00661. The Morgan fingerprint density at radius 3 is 1.96 bits per heavy atom. The third-order valence-electron chi connectivity index (χ3n) is 4.78. The Morgan fingerprint density at radius 1 is 0.964 bits per heavy atom. The molecule has 0 spiro atoms. The van der Waals surface area contributed by atoms with Crippen molar-refractivity contribution in [2.24, 2.45) is 0 Å². The number of nitrogens with zero attached hydrogens (tertiary/aromatic N) is 2. The first-order valence-electron chi connectivity index (χ1n) is 9.58. The summed E-state index contributed by atoms with van der Waals surface area (Å²) in [6, 6.07) is 12.5. The van der Waals surface area contributed by atoms with E-state index in [1.165, 1.54) is 12.1 Å². The summed E-state index contributed by atoms with van der Waals surface area (Å²) in [4.78, 5) is 25.2. The van der Waals surface area contributed by atoms with Crippen LogP contribution in [0, 0.1) is 10.1 Å². The number of carbonyl (C=O) groups is 1. The second-order valence-corrected chi connectivity index (χ2v) is 9.09. The maximum atomic E-state index is 13.0. The fraction of sp³-hybridized carbons (Fsp3) is 0.435. The molecule has 2 aromatic rings. The number of nitro benzene ring substituents is 1. The van der Waals surface area contributed by atoms with Crippen molar-refractivity contribution in [3.63, 3.8) is 0 Å². The van der Waals surface area contributed by atoms with Crippen molar-refractivity contribution in [1.29, 1.82) is 0 Å². The zero-order valence-corrected chi connectivity index (χ0v) is 17.9. The molecule has 0 radical (unpaired) electrons. The molecule has 0 N–H and O–H groups in total. The lowest BCUT2D eigenvalue weighted by atomic mass is 9.80. The molecule has 0 aliphatic carbocycles. The predicted molar refractivity (Wildman–Crippen MR) is 114 cm³/mol. The zero-order chi connectivity index (χ0) is 21.3. The van der Waals surface area contributed by atoms with Crippen molar-refractivity contribution in [2.75, 3.05) is 4.90 Å². The molecule has 0 saturated heterocycles. The number of rotatable bonds is 4. The third kappa shape index (κ3) is 4.58. The molecule has 5 heteroatoms. The highest BCUT2D eigenvalue weighted by Crippen LogP contribution is 2.39. The molecule has 1 amide bonds. The van der Waals surface area contributed by atoms with Gasteiger partial charge in [-0.2, -0.15) is 0 Å². The first kappa shape index (κ1) is 21.6. The largest absolute Gasteiger partial charge is 0.281 e. The van der Waals surface area contributed by atoms with Gasteiger partial charge in [-0.3, -0.25) is 19.8 Å². The molecule has 28 heavy (non-hydrogen) atoms. The molecule has 0 aromatic heterocycles. The summed E-state index contributed by atoms with van der Waals surface area (Å²) in [6.45, 7) is 14.6. The van der Waals surface area contributed by atoms with Crippen molar-refractivity contribution >= 4 is 23.0 Å².